The van der Waals surface area contributed by atoms with Gasteiger partial charge in [0.1, 0.15) is 6.54 Å². The van der Waals surface area contributed by atoms with E-state index in [4.69, 9.17) is 4.74 Å². The Morgan fingerprint density at radius 1 is 1.82 bits per heavy atom. The maximum atomic E-state index is 9.89. The maximum absolute atomic E-state index is 9.89. The molecule has 0 amide bonds. The van der Waals surface area contributed by atoms with E-state index in [2.05, 4.69) is 5.43 Å². The van der Waals surface area contributed by atoms with Gasteiger partial charge in [-0.2, -0.15) is 0 Å². The number of hydrogen-bond acceptors (Lipinski definition) is 3. The van der Waals surface area contributed by atoms with Crippen LogP contribution in [0.3, 0.4) is 0 Å². The topological polar surface area (TPSA) is 64.4 Å². The second kappa shape index (κ2) is 2.65. The van der Waals surface area contributed by atoms with E-state index in [1.807, 2.05) is 13.8 Å². The number of nitrogens with zero attached hydrogens (tertiary/aromatic N) is 1. The Labute approximate surface area is 64.8 Å². The van der Waals surface area contributed by atoms with E-state index in [0.717, 1.165) is 0 Å². The van der Waals surface area contributed by atoms with Crippen LogP contribution in [-0.4, -0.2) is 24.3 Å². The van der Waals surface area contributed by atoms with Gasteiger partial charge in [-0.1, -0.05) is 13.8 Å². The molecule has 5 nitrogen and oxygen atoms in total. The van der Waals surface area contributed by atoms with Crippen molar-refractivity contribution in [3.63, 3.8) is 0 Å². The molecule has 1 fully saturated rings. The van der Waals surface area contributed by atoms with Crippen molar-refractivity contribution >= 4 is 0 Å². The third-order valence-corrected chi connectivity index (χ3v) is 1.93. The third kappa shape index (κ3) is 1.80. The molecule has 11 heavy (non-hydrogen) atoms. The fourth-order valence-corrected chi connectivity index (χ4v) is 1.03. The monoisotopic (exact) mass is 160 g/mol. The summed E-state index contributed by atoms with van der Waals surface area (Å²) in [6.07, 6.45) is -0.0205. The quantitative estimate of drug-likeness (QED) is 0.473. The Bertz CT molecular complexity index is 169. The minimum atomic E-state index is -0.544. The van der Waals surface area contributed by atoms with Crippen molar-refractivity contribution in [3.8, 4) is 0 Å². The minimum absolute atomic E-state index is 0.0205. The zero-order valence-electron chi connectivity index (χ0n) is 6.66. The van der Waals surface area contributed by atoms with Gasteiger partial charge in [0.15, 0.2) is 5.03 Å². The molecule has 0 saturated carbocycles. The van der Waals surface area contributed by atoms with Gasteiger partial charge >= 0.3 is 0 Å². The summed E-state index contributed by atoms with van der Waals surface area (Å²) in [6.45, 7) is 5.04. The molecule has 0 radical (unpaired) electrons. The summed E-state index contributed by atoms with van der Waals surface area (Å²) >= 11 is 0. The molecule has 5 heteroatoms. The lowest BCUT2D eigenvalue weighted by Crippen LogP contribution is -2.53. The molecule has 0 aromatic carbocycles. The highest BCUT2D eigenvalue weighted by Gasteiger charge is 2.40. The number of hydrazine groups is 1. The molecule has 1 saturated heterocycles. The predicted octanol–water partition coefficient (Wildman–Crippen LogP) is 0.193. The first-order chi connectivity index (χ1) is 5.02. The van der Waals surface area contributed by atoms with E-state index in [1.54, 1.807) is 0 Å². The van der Waals surface area contributed by atoms with Gasteiger partial charge in [-0.3, -0.25) is 0 Å². The summed E-state index contributed by atoms with van der Waals surface area (Å²) in [5.74, 6) is 0. The van der Waals surface area contributed by atoms with Crippen molar-refractivity contribution in [2.45, 2.75) is 20.0 Å². The molecule has 0 aliphatic carbocycles. The van der Waals surface area contributed by atoms with Crippen LogP contribution < -0.4 is 5.43 Å². The first-order valence-electron chi connectivity index (χ1n) is 3.52. The summed E-state index contributed by atoms with van der Waals surface area (Å²) in [4.78, 5) is 9.89. The molecule has 0 spiro atoms. The lowest BCUT2D eigenvalue weighted by molar-refractivity contribution is -0.547. The molecular weight excluding hydrogens is 148 g/mol. The Hall–Kier alpha value is -0.840. The van der Waals surface area contributed by atoms with E-state index in [0.29, 0.717) is 13.2 Å². The van der Waals surface area contributed by atoms with Gasteiger partial charge in [0.05, 0.1) is 12.7 Å². The molecule has 1 unspecified atom stereocenters. The Morgan fingerprint density at radius 3 is 2.73 bits per heavy atom. The third-order valence-electron chi connectivity index (χ3n) is 1.93. The van der Waals surface area contributed by atoms with Crippen LogP contribution in [0, 0.1) is 15.5 Å². The van der Waals surface area contributed by atoms with Gasteiger partial charge in [-0.05, 0) is 0 Å². The fourth-order valence-electron chi connectivity index (χ4n) is 1.03. The SMILES string of the molecule is CC1(C)COC1CN[N+](=O)[O-]. The smallest absolute Gasteiger partial charge is 0.157 e. The highest BCUT2D eigenvalue weighted by atomic mass is 16.7. The molecular formula is C6H12N2O3. The molecule has 0 bridgehead atoms. The van der Waals surface area contributed by atoms with Crippen molar-refractivity contribution in [1.82, 2.24) is 5.43 Å². The van der Waals surface area contributed by atoms with Crippen molar-refractivity contribution in [1.29, 1.82) is 0 Å². The Balaban J connectivity index is 2.23. The van der Waals surface area contributed by atoms with Gasteiger partial charge in [0.25, 0.3) is 0 Å². The van der Waals surface area contributed by atoms with Gasteiger partial charge in [0.2, 0.25) is 0 Å². The zero-order valence-corrected chi connectivity index (χ0v) is 6.66. The molecule has 1 aliphatic rings. The van der Waals surface area contributed by atoms with Crippen LogP contribution in [0.4, 0.5) is 0 Å². The van der Waals surface area contributed by atoms with Crippen molar-refractivity contribution < 1.29 is 9.77 Å². The van der Waals surface area contributed by atoms with E-state index in [-0.39, 0.29) is 11.5 Å². The highest BCUT2D eigenvalue weighted by Crippen LogP contribution is 2.32. The van der Waals surface area contributed by atoms with Crippen LogP contribution >= 0.6 is 0 Å². The second-order valence-corrected chi connectivity index (χ2v) is 3.41. The molecule has 0 aromatic heterocycles. The molecule has 1 rings (SSSR count). The highest BCUT2D eigenvalue weighted by molar-refractivity contribution is 4.87. The second-order valence-electron chi connectivity index (χ2n) is 3.41. The summed E-state index contributed by atoms with van der Waals surface area (Å²) in [5, 5.41) is 9.35. The minimum Gasteiger partial charge on any atom is -0.375 e. The fraction of sp³-hybridized carbons (Fsp3) is 1.00. The van der Waals surface area contributed by atoms with Crippen LogP contribution in [-0.2, 0) is 4.74 Å². The number of rotatable bonds is 3. The average molecular weight is 160 g/mol. The Kier molecular flexibility index (Phi) is 1.99. The van der Waals surface area contributed by atoms with Crippen LogP contribution in [0.25, 0.3) is 0 Å². The van der Waals surface area contributed by atoms with Gasteiger partial charge in [-0.15, -0.1) is 5.43 Å². The largest absolute Gasteiger partial charge is 0.375 e. The van der Waals surface area contributed by atoms with Crippen LogP contribution in [0.2, 0.25) is 0 Å². The average Bonchev–Trinajstić information content (AvgIpc) is 1.85. The van der Waals surface area contributed by atoms with E-state index < -0.39 is 5.03 Å². The normalized spacial score (nSPS) is 27.3. The van der Waals surface area contributed by atoms with Crippen LogP contribution in [0.15, 0.2) is 0 Å². The van der Waals surface area contributed by atoms with E-state index in [1.165, 1.54) is 0 Å². The first kappa shape index (κ1) is 8.26. The summed E-state index contributed by atoms with van der Waals surface area (Å²) in [5.41, 5.74) is 2.19. The van der Waals surface area contributed by atoms with Crippen molar-refractivity contribution in [3.05, 3.63) is 10.1 Å². The number of nitrogens with one attached hydrogen (secondary N) is 1. The lowest BCUT2D eigenvalue weighted by Gasteiger charge is -2.43. The van der Waals surface area contributed by atoms with E-state index >= 15 is 0 Å². The van der Waals surface area contributed by atoms with Gasteiger partial charge < -0.3 is 4.74 Å². The Morgan fingerprint density at radius 2 is 2.45 bits per heavy atom. The van der Waals surface area contributed by atoms with E-state index in [9.17, 15) is 10.1 Å². The van der Waals surface area contributed by atoms with Gasteiger partial charge in [0, 0.05) is 5.41 Å². The first-order valence-corrected chi connectivity index (χ1v) is 3.52. The molecule has 64 valence electrons. The predicted molar refractivity (Wildman–Crippen MR) is 38.5 cm³/mol. The number of nitro groups is 1. The zero-order chi connectivity index (χ0) is 8.48. The molecule has 0 aromatic rings. The molecule has 1 heterocycles. The van der Waals surface area contributed by atoms with Crippen molar-refractivity contribution in [2.24, 2.45) is 5.41 Å². The molecule has 1 N–H and O–H groups in total. The molecule has 1 atom stereocenters. The number of ether oxygens (including phenoxy) is 1. The summed E-state index contributed by atoms with van der Waals surface area (Å²) in [6, 6.07) is 0. The lowest BCUT2D eigenvalue weighted by atomic mass is 9.82. The standard InChI is InChI=1S/C6H12N2O3/c1-6(2)4-11-5(6)3-7-8(9)10/h5,7H,3-4H2,1-2H3. The van der Waals surface area contributed by atoms with Crippen molar-refractivity contribution in [2.75, 3.05) is 13.2 Å². The summed E-state index contributed by atoms with van der Waals surface area (Å²) < 4.78 is 5.13. The van der Waals surface area contributed by atoms with Crippen LogP contribution in [0.5, 0.6) is 0 Å². The summed E-state index contributed by atoms with van der Waals surface area (Å²) in [7, 11) is 0. The molecule has 1 aliphatic heterocycles. The maximum Gasteiger partial charge on any atom is 0.157 e. The number of hydrogen-bond donors (Lipinski definition) is 1. The van der Waals surface area contributed by atoms with Crippen LogP contribution in [0.1, 0.15) is 13.8 Å². The van der Waals surface area contributed by atoms with Gasteiger partial charge in [-0.25, -0.2) is 10.1 Å².